The standard InChI is InChI=1S/C49H30N4/c1-4-14-31(15-5-1)35-26-29-43-41(30-35)37-22-10-11-25-42(37)53(43)49-51-47(34-18-8-3-9-19-34)50-48(52-49)40-28-27-36(32-16-6-2-7-17-32)45-38-23-12-20-33-21-13-24-39(44(33)38)46(40)45/h1-30H. The second kappa shape index (κ2) is 11.7. The van der Waals surface area contributed by atoms with Crippen LogP contribution >= 0.6 is 0 Å². The Kier molecular flexibility index (Phi) is 6.52. The van der Waals surface area contributed by atoms with E-state index in [1.165, 1.54) is 49.7 Å². The van der Waals surface area contributed by atoms with E-state index in [1.807, 2.05) is 18.2 Å². The van der Waals surface area contributed by atoms with E-state index in [0.29, 0.717) is 17.6 Å². The fraction of sp³-hybridized carbons (Fsp3) is 0. The fourth-order valence-electron chi connectivity index (χ4n) is 8.26. The molecule has 0 amide bonds. The molecule has 1 aliphatic carbocycles. The first-order valence-corrected chi connectivity index (χ1v) is 18.0. The summed E-state index contributed by atoms with van der Waals surface area (Å²) in [6.07, 6.45) is 0. The van der Waals surface area contributed by atoms with Crippen LogP contribution in [0.5, 0.6) is 0 Å². The van der Waals surface area contributed by atoms with Crippen LogP contribution in [0.2, 0.25) is 0 Å². The predicted molar refractivity (Wildman–Crippen MR) is 218 cm³/mol. The van der Waals surface area contributed by atoms with Crippen molar-refractivity contribution in [1.82, 2.24) is 19.5 Å². The molecule has 10 aromatic rings. The molecule has 11 rings (SSSR count). The van der Waals surface area contributed by atoms with Crippen molar-refractivity contribution in [1.29, 1.82) is 0 Å². The van der Waals surface area contributed by atoms with Crippen LogP contribution in [0.3, 0.4) is 0 Å². The third kappa shape index (κ3) is 4.59. The lowest BCUT2D eigenvalue weighted by atomic mass is 9.90. The van der Waals surface area contributed by atoms with Gasteiger partial charge in [-0.15, -0.1) is 0 Å². The SMILES string of the molecule is c1ccc(-c2ccc3c(c2)c2ccccc2n3-c2nc(-c3ccccc3)nc(-c3ccc(-c4ccccc4)c4c3-c3cccc5cccc-4c35)n2)cc1. The molecule has 8 aromatic carbocycles. The Hall–Kier alpha value is -7.17. The van der Waals surface area contributed by atoms with E-state index in [2.05, 4.69) is 168 Å². The van der Waals surface area contributed by atoms with Gasteiger partial charge in [-0.2, -0.15) is 9.97 Å². The zero-order valence-corrected chi connectivity index (χ0v) is 28.6. The molecule has 2 heterocycles. The number of hydrogen-bond acceptors (Lipinski definition) is 3. The van der Waals surface area contributed by atoms with Crippen LogP contribution in [-0.2, 0) is 0 Å². The van der Waals surface area contributed by atoms with Gasteiger partial charge >= 0.3 is 0 Å². The Labute approximate surface area is 306 Å². The van der Waals surface area contributed by atoms with Crippen molar-refractivity contribution >= 4 is 32.6 Å². The van der Waals surface area contributed by atoms with Crippen LogP contribution in [0.4, 0.5) is 0 Å². The molecule has 0 N–H and O–H groups in total. The van der Waals surface area contributed by atoms with Crippen LogP contribution in [0.1, 0.15) is 0 Å². The smallest absolute Gasteiger partial charge is 0.238 e. The molecular formula is C49H30N4. The van der Waals surface area contributed by atoms with Crippen molar-refractivity contribution in [2.75, 3.05) is 0 Å². The van der Waals surface area contributed by atoms with Gasteiger partial charge in [-0.05, 0) is 74.0 Å². The number of aromatic nitrogens is 4. The molecule has 0 radical (unpaired) electrons. The Bertz CT molecular complexity index is 3030. The predicted octanol–water partition coefficient (Wildman–Crippen LogP) is 12.4. The highest BCUT2D eigenvalue weighted by Crippen LogP contribution is 2.54. The molecule has 0 atom stereocenters. The largest absolute Gasteiger partial charge is 0.278 e. The average Bonchev–Trinajstić information content (AvgIpc) is 3.75. The number of nitrogens with zero attached hydrogens (tertiary/aromatic N) is 4. The minimum atomic E-state index is 0.585. The zero-order valence-electron chi connectivity index (χ0n) is 28.6. The Morgan fingerprint density at radius 2 is 0.925 bits per heavy atom. The molecule has 2 aromatic heterocycles. The van der Waals surface area contributed by atoms with Crippen molar-refractivity contribution in [2.45, 2.75) is 0 Å². The molecular weight excluding hydrogens is 645 g/mol. The van der Waals surface area contributed by atoms with Crippen LogP contribution in [0.25, 0.3) is 106 Å². The number of benzene rings is 8. The van der Waals surface area contributed by atoms with Gasteiger partial charge in [-0.3, -0.25) is 4.57 Å². The maximum Gasteiger partial charge on any atom is 0.238 e. The third-order valence-electron chi connectivity index (χ3n) is 10.6. The first-order valence-electron chi connectivity index (χ1n) is 18.0. The topological polar surface area (TPSA) is 43.6 Å². The minimum Gasteiger partial charge on any atom is -0.278 e. The highest BCUT2D eigenvalue weighted by molar-refractivity contribution is 6.20. The van der Waals surface area contributed by atoms with Crippen molar-refractivity contribution in [3.63, 3.8) is 0 Å². The molecule has 0 saturated heterocycles. The van der Waals surface area contributed by atoms with E-state index in [4.69, 9.17) is 15.0 Å². The second-order valence-electron chi connectivity index (χ2n) is 13.6. The Morgan fingerprint density at radius 3 is 1.66 bits per heavy atom. The molecule has 0 unspecified atom stereocenters. The van der Waals surface area contributed by atoms with Crippen molar-refractivity contribution in [2.24, 2.45) is 0 Å². The first-order chi connectivity index (χ1) is 26.3. The first kappa shape index (κ1) is 29.5. The summed E-state index contributed by atoms with van der Waals surface area (Å²) in [6.45, 7) is 0. The van der Waals surface area contributed by atoms with Gasteiger partial charge in [-0.25, -0.2) is 4.98 Å². The summed E-state index contributed by atoms with van der Waals surface area (Å²) >= 11 is 0. The molecule has 4 heteroatoms. The minimum absolute atomic E-state index is 0.585. The summed E-state index contributed by atoms with van der Waals surface area (Å²) in [5.41, 5.74) is 13.6. The van der Waals surface area contributed by atoms with Crippen molar-refractivity contribution in [3.05, 3.63) is 182 Å². The molecule has 0 aliphatic heterocycles. The van der Waals surface area contributed by atoms with Gasteiger partial charge in [0.2, 0.25) is 5.95 Å². The maximum absolute atomic E-state index is 5.40. The van der Waals surface area contributed by atoms with Gasteiger partial charge in [-0.1, -0.05) is 158 Å². The van der Waals surface area contributed by atoms with Gasteiger partial charge in [0.1, 0.15) is 0 Å². The number of fused-ring (bicyclic) bond motifs is 6. The maximum atomic E-state index is 5.40. The summed E-state index contributed by atoms with van der Waals surface area (Å²) in [6, 6.07) is 64.4. The second-order valence-corrected chi connectivity index (χ2v) is 13.6. The Balaban J connectivity index is 1.21. The zero-order chi connectivity index (χ0) is 34.9. The quantitative estimate of drug-likeness (QED) is 0.182. The average molecular weight is 675 g/mol. The fourth-order valence-corrected chi connectivity index (χ4v) is 8.26. The lowest BCUT2D eigenvalue weighted by molar-refractivity contribution is 0.954. The molecule has 246 valence electrons. The van der Waals surface area contributed by atoms with Crippen LogP contribution in [-0.4, -0.2) is 19.5 Å². The van der Waals surface area contributed by atoms with Gasteiger partial charge in [0.25, 0.3) is 0 Å². The van der Waals surface area contributed by atoms with Gasteiger partial charge in [0, 0.05) is 27.5 Å². The normalized spacial score (nSPS) is 11.8. The highest BCUT2D eigenvalue weighted by atomic mass is 15.2. The van der Waals surface area contributed by atoms with Crippen LogP contribution < -0.4 is 0 Å². The molecule has 0 saturated carbocycles. The lowest BCUT2D eigenvalue weighted by Crippen LogP contribution is -2.07. The van der Waals surface area contributed by atoms with Crippen LogP contribution in [0.15, 0.2) is 182 Å². The van der Waals surface area contributed by atoms with E-state index in [-0.39, 0.29) is 0 Å². The van der Waals surface area contributed by atoms with Gasteiger partial charge in [0.15, 0.2) is 11.6 Å². The monoisotopic (exact) mass is 674 g/mol. The molecule has 1 aliphatic rings. The molecule has 53 heavy (non-hydrogen) atoms. The molecule has 0 spiro atoms. The van der Waals surface area contributed by atoms with E-state index >= 15 is 0 Å². The summed E-state index contributed by atoms with van der Waals surface area (Å²) in [5.74, 6) is 1.86. The highest BCUT2D eigenvalue weighted by Gasteiger charge is 2.29. The van der Waals surface area contributed by atoms with Gasteiger partial charge < -0.3 is 0 Å². The number of rotatable bonds is 5. The summed E-state index contributed by atoms with van der Waals surface area (Å²) in [5, 5.41) is 4.80. The summed E-state index contributed by atoms with van der Waals surface area (Å²) in [7, 11) is 0. The Morgan fingerprint density at radius 1 is 0.340 bits per heavy atom. The van der Waals surface area contributed by atoms with Crippen molar-refractivity contribution in [3.8, 4) is 73.2 Å². The number of para-hydroxylation sites is 1. The molecule has 4 nitrogen and oxygen atoms in total. The van der Waals surface area contributed by atoms with Gasteiger partial charge in [0.05, 0.1) is 11.0 Å². The summed E-state index contributed by atoms with van der Waals surface area (Å²) in [4.78, 5) is 15.9. The molecule has 0 bridgehead atoms. The van der Waals surface area contributed by atoms with Crippen molar-refractivity contribution < 1.29 is 0 Å². The van der Waals surface area contributed by atoms with E-state index in [1.54, 1.807) is 0 Å². The van der Waals surface area contributed by atoms with E-state index in [0.717, 1.165) is 38.5 Å². The van der Waals surface area contributed by atoms with E-state index < -0.39 is 0 Å². The lowest BCUT2D eigenvalue weighted by Gasteiger charge is -2.16. The number of hydrogen-bond donors (Lipinski definition) is 0. The van der Waals surface area contributed by atoms with E-state index in [9.17, 15) is 0 Å². The van der Waals surface area contributed by atoms with Crippen LogP contribution in [0, 0.1) is 0 Å². The summed E-state index contributed by atoms with van der Waals surface area (Å²) < 4.78 is 2.20. The third-order valence-corrected chi connectivity index (χ3v) is 10.6. The molecule has 0 fully saturated rings.